The van der Waals surface area contributed by atoms with Gasteiger partial charge >= 0.3 is 0 Å². The Bertz CT molecular complexity index is 679. The van der Waals surface area contributed by atoms with E-state index in [2.05, 4.69) is 40.7 Å². The molecule has 0 bridgehead atoms. The molecule has 0 atom stereocenters. The van der Waals surface area contributed by atoms with Gasteiger partial charge in [0.05, 0.1) is 19.3 Å². The maximum absolute atomic E-state index is 5.77. The quantitative estimate of drug-likeness (QED) is 0.740. The zero-order valence-corrected chi connectivity index (χ0v) is 15.9. The third-order valence-corrected chi connectivity index (χ3v) is 5.73. The largest absolute Gasteiger partial charge is 0.495 e. The number of rotatable bonds is 5. The van der Waals surface area contributed by atoms with Crippen molar-refractivity contribution < 1.29 is 4.74 Å². The van der Waals surface area contributed by atoms with Gasteiger partial charge in [0.25, 0.3) is 0 Å². The van der Waals surface area contributed by atoms with Gasteiger partial charge in [0, 0.05) is 10.9 Å². The van der Waals surface area contributed by atoms with Crippen LogP contribution in [0.5, 0.6) is 5.75 Å². The molecule has 0 aliphatic heterocycles. The molecule has 24 heavy (non-hydrogen) atoms. The number of ether oxygens (including phenoxy) is 1. The average Bonchev–Trinajstić information content (AvgIpc) is 3.27. The Kier molecular flexibility index (Phi) is 5.74. The minimum Gasteiger partial charge on any atom is -0.495 e. The van der Waals surface area contributed by atoms with E-state index in [1.54, 1.807) is 18.4 Å². The Hall–Kier alpha value is -1.59. The minimum absolute atomic E-state index is 0.531. The number of hydrogen-bond donors (Lipinski definition) is 1. The van der Waals surface area contributed by atoms with Crippen molar-refractivity contribution in [2.45, 2.75) is 45.2 Å². The highest BCUT2D eigenvalue weighted by molar-refractivity contribution is 7.80. The number of nitrogens with zero attached hydrogens (tertiary/aromatic N) is 1. The van der Waals surface area contributed by atoms with Gasteiger partial charge in [-0.3, -0.25) is 0 Å². The molecule has 1 aliphatic carbocycles. The van der Waals surface area contributed by atoms with E-state index in [0.717, 1.165) is 23.1 Å². The van der Waals surface area contributed by atoms with Crippen LogP contribution in [0, 0.1) is 6.92 Å². The lowest BCUT2D eigenvalue weighted by Gasteiger charge is -2.31. The standard InChI is InChI=1S/C19H24N2OS2/c1-14-9-10-17(18(12-14)22-2)20-19(23)21(15-6-3-4-7-15)13-16-8-5-11-24-16/h5,8-12,15H,3-4,6-7,13H2,1-2H3,(H,20,23). The highest BCUT2D eigenvalue weighted by Crippen LogP contribution is 2.29. The molecular formula is C19H24N2OS2. The first-order valence-electron chi connectivity index (χ1n) is 8.42. The van der Waals surface area contributed by atoms with E-state index in [1.165, 1.54) is 36.1 Å². The Morgan fingerprint density at radius 2 is 2.12 bits per heavy atom. The van der Waals surface area contributed by atoms with Gasteiger partial charge < -0.3 is 15.0 Å². The predicted octanol–water partition coefficient (Wildman–Crippen LogP) is 5.21. The van der Waals surface area contributed by atoms with Crippen LogP contribution in [-0.4, -0.2) is 23.2 Å². The molecule has 0 amide bonds. The summed E-state index contributed by atoms with van der Waals surface area (Å²) < 4.78 is 5.50. The molecule has 1 heterocycles. The molecule has 3 nitrogen and oxygen atoms in total. The summed E-state index contributed by atoms with van der Waals surface area (Å²) in [6, 6.07) is 11.0. The molecule has 0 radical (unpaired) electrons. The molecule has 0 unspecified atom stereocenters. The summed E-state index contributed by atoms with van der Waals surface area (Å²) in [6.07, 6.45) is 5.03. The Morgan fingerprint density at radius 3 is 2.79 bits per heavy atom. The first-order chi connectivity index (χ1) is 11.7. The zero-order chi connectivity index (χ0) is 16.9. The molecule has 3 rings (SSSR count). The summed E-state index contributed by atoms with van der Waals surface area (Å²) in [5, 5.41) is 6.33. The smallest absolute Gasteiger partial charge is 0.174 e. The van der Waals surface area contributed by atoms with Crippen LogP contribution in [0.15, 0.2) is 35.7 Å². The predicted molar refractivity (Wildman–Crippen MR) is 106 cm³/mol. The summed E-state index contributed by atoms with van der Waals surface area (Å²) in [5.41, 5.74) is 2.11. The number of aryl methyl sites for hydroxylation is 1. The monoisotopic (exact) mass is 360 g/mol. The lowest BCUT2D eigenvalue weighted by Crippen LogP contribution is -2.40. The fraction of sp³-hybridized carbons (Fsp3) is 0.421. The van der Waals surface area contributed by atoms with Gasteiger partial charge in [-0.05, 0) is 61.1 Å². The number of anilines is 1. The van der Waals surface area contributed by atoms with Gasteiger partial charge in [-0.1, -0.05) is 25.0 Å². The van der Waals surface area contributed by atoms with Crippen molar-refractivity contribution in [1.82, 2.24) is 4.90 Å². The fourth-order valence-corrected chi connectivity index (χ4v) is 4.27. The number of nitrogens with one attached hydrogen (secondary N) is 1. The van der Waals surface area contributed by atoms with Crippen molar-refractivity contribution in [1.29, 1.82) is 0 Å². The molecule has 1 fully saturated rings. The fourth-order valence-electron chi connectivity index (χ4n) is 3.24. The molecule has 128 valence electrons. The summed E-state index contributed by atoms with van der Waals surface area (Å²) in [5.74, 6) is 0.833. The van der Waals surface area contributed by atoms with Crippen molar-refractivity contribution in [3.05, 3.63) is 46.2 Å². The van der Waals surface area contributed by atoms with Crippen LogP contribution in [0.2, 0.25) is 0 Å². The second-order valence-corrected chi connectivity index (χ2v) is 7.70. The van der Waals surface area contributed by atoms with Crippen LogP contribution in [0.4, 0.5) is 5.69 Å². The molecule has 1 saturated carbocycles. The number of methoxy groups -OCH3 is 1. The zero-order valence-electron chi connectivity index (χ0n) is 14.2. The number of thiophene rings is 1. The average molecular weight is 361 g/mol. The summed E-state index contributed by atoms with van der Waals surface area (Å²) >= 11 is 7.56. The van der Waals surface area contributed by atoms with Gasteiger partial charge in [-0.15, -0.1) is 11.3 Å². The van der Waals surface area contributed by atoms with Gasteiger partial charge in [0.15, 0.2) is 5.11 Å². The normalized spacial score (nSPS) is 14.6. The lowest BCUT2D eigenvalue weighted by atomic mass is 10.2. The van der Waals surface area contributed by atoms with Gasteiger partial charge in [0.1, 0.15) is 5.75 Å². The van der Waals surface area contributed by atoms with Gasteiger partial charge in [0.2, 0.25) is 0 Å². The Morgan fingerprint density at radius 1 is 1.33 bits per heavy atom. The van der Waals surface area contributed by atoms with Crippen LogP contribution in [0.25, 0.3) is 0 Å². The molecule has 1 aromatic heterocycles. The molecule has 1 aliphatic rings. The van der Waals surface area contributed by atoms with E-state index >= 15 is 0 Å². The van der Waals surface area contributed by atoms with E-state index in [-0.39, 0.29) is 0 Å². The lowest BCUT2D eigenvalue weighted by molar-refractivity contribution is 0.314. The van der Waals surface area contributed by atoms with Crippen molar-refractivity contribution in [2.75, 3.05) is 12.4 Å². The molecule has 1 aromatic carbocycles. The van der Waals surface area contributed by atoms with Gasteiger partial charge in [-0.25, -0.2) is 0 Å². The van der Waals surface area contributed by atoms with E-state index in [1.807, 2.05) is 12.1 Å². The maximum atomic E-state index is 5.77. The second-order valence-electron chi connectivity index (χ2n) is 6.28. The Labute approximate surface area is 153 Å². The van der Waals surface area contributed by atoms with Crippen LogP contribution in [-0.2, 0) is 6.54 Å². The summed E-state index contributed by atoms with van der Waals surface area (Å²) in [4.78, 5) is 3.70. The van der Waals surface area contributed by atoms with Crippen molar-refractivity contribution >= 4 is 34.4 Å². The number of hydrogen-bond acceptors (Lipinski definition) is 3. The Balaban J connectivity index is 1.78. The van der Waals surface area contributed by atoms with Crippen LogP contribution in [0.3, 0.4) is 0 Å². The molecule has 0 spiro atoms. The SMILES string of the molecule is COc1cc(C)ccc1NC(=S)N(Cc1cccs1)C1CCCC1. The van der Waals surface area contributed by atoms with Crippen molar-refractivity contribution in [3.8, 4) is 5.75 Å². The summed E-state index contributed by atoms with van der Waals surface area (Å²) in [6.45, 7) is 2.94. The first-order valence-corrected chi connectivity index (χ1v) is 9.71. The second kappa shape index (κ2) is 7.99. The van der Waals surface area contributed by atoms with E-state index in [0.29, 0.717) is 6.04 Å². The van der Waals surface area contributed by atoms with Crippen LogP contribution in [0.1, 0.15) is 36.1 Å². The van der Waals surface area contributed by atoms with Crippen molar-refractivity contribution in [2.24, 2.45) is 0 Å². The van der Waals surface area contributed by atoms with Crippen molar-refractivity contribution in [3.63, 3.8) is 0 Å². The van der Waals surface area contributed by atoms with Crippen LogP contribution >= 0.6 is 23.6 Å². The molecular weight excluding hydrogens is 336 g/mol. The molecule has 5 heteroatoms. The van der Waals surface area contributed by atoms with Gasteiger partial charge in [-0.2, -0.15) is 0 Å². The van der Waals surface area contributed by atoms with E-state index in [9.17, 15) is 0 Å². The van der Waals surface area contributed by atoms with E-state index in [4.69, 9.17) is 17.0 Å². The number of thiocarbonyl (C=S) groups is 1. The van der Waals surface area contributed by atoms with E-state index < -0.39 is 0 Å². The third kappa shape index (κ3) is 4.08. The first kappa shape index (κ1) is 17.2. The molecule has 0 saturated heterocycles. The molecule has 1 N–H and O–H groups in total. The number of benzene rings is 1. The molecule has 2 aromatic rings. The highest BCUT2D eigenvalue weighted by atomic mass is 32.1. The highest BCUT2D eigenvalue weighted by Gasteiger charge is 2.25. The topological polar surface area (TPSA) is 24.5 Å². The maximum Gasteiger partial charge on any atom is 0.174 e. The third-order valence-electron chi connectivity index (χ3n) is 4.53. The van der Waals surface area contributed by atoms with Crippen LogP contribution < -0.4 is 10.1 Å². The summed E-state index contributed by atoms with van der Waals surface area (Å²) in [7, 11) is 1.70. The minimum atomic E-state index is 0.531.